The Bertz CT molecular complexity index is 610. The lowest BCUT2D eigenvalue weighted by Crippen LogP contribution is -2.35. The van der Waals surface area contributed by atoms with Gasteiger partial charge in [0.05, 0.1) is 9.54 Å². The van der Waals surface area contributed by atoms with Crippen LogP contribution in [0.2, 0.25) is 0 Å². The lowest BCUT2D eigenvalue weighted by atomic mass is 10.4. The Kier molecular flexibility index (Phi) is 5.36. The Morgan fingerprint density at radius 3 is 2.90 bits per heavy atom. The molecule has 1 aliphatic rings. The van der Waals surface area contributed by atoms with E-state index in [1.165, 1.54) is 21.7 Å². The zero-order valence-electron chi connectivity index (χ0n) is 10.7. The van der Waals surface area contributed by atoms with Crippen LogP contribution in [0.5, 0.6) is 0 Å². The molecule has 0 radical (unpaired) electrons. The van der Waals surface area contributed by atoms with Crippen LogP contribution in [0.1, 0.15) is 11.3 Å². The highest BCUT2D eigenvalue weighted by Crippen LogP contribution is 2.22. The van der Waals surface area contributed by atoms with E-state index in [0.717, 1.165) is 8.66 Å². The van der Waals surface area contributed by atoms with E-state index < -0.39 is 10.0 Å². The van der Waals surface area contributed by atoms with Gasteiger partial charge in [-0.2, -0.15) is 0 Å². The molecule has 2 heterocycles. The fraction of sp³-hybridized carbons (Fsp3) is 0.417. The number of nitrogens with zero attached hydrogens (tertiary/aromatic N) is 1. The van der Waals surface area contributed by atoms with Crippen molar-refractivity contribution in [2.75, 3.05) is 25.4 Å². The van der Waals surface area contributed by atoms with Gasteiger partial charge in [-0.15, -0.1) is 11.3 Å². The summed E-state index contributed by atoms with van der Waals surface area (Å²) in [5.74, 6) is -0.000184. The molecule has 1 amide bonds. The highest BCUT2D eigenvalue weighted by atomic mass is 79.9. The Morgan fingerprint density at radius 1 is 1.50 bits per heavy atom. The number of sulfonamides is 1. The first-order valence-corrected chi connectivity index (χ1v) is 9.38. The fourth-order valence-corrected chi connectivity index (χ4v) is 4.74. The number of rotatable bonds is 5. The van der Waals surface area contributed by atoms with E-state index in [1.54, 1.807) is 6.08 Å². The molecule has 0 saturated carbocycles. The molecule has 1 N–H and O–H groups in total. The summed E-state index contributed by atoms with van der Waals surface area (Å²) in [6.07, 6.45) is 3.86. The van der Waals surface area contributed by atoms with Gasteiger partial charge in [-0.1, -0.05) is 0 Å². The highest BCUT2D eigenvalue weighted by molar-refractivity contribution is 9.11. The second-order valence-corrected chi connectivity index (χ2v) is 8.92. The van der Waals surface area contributed by atoms with Crippen molar-refractivity contribution in [3.8, 4) is 0 Å². The molecule has 110 valence electrons. The van der Waals surface area contributed by atoms with E-state index in [9.17, 15) is 13.2 Å². The Morgan fingerprint density at radius 2 is 2.30 bits per heavy atom. The average Bonchev–Trinajstić information content (AvgIpc) is 2.93. The maximum atomic E-state index is 11.6. The van der Waals surface area contributed by atoms with E-state index in [2.05, 4.69) is 21.2 Å². The first-order valence-electron chi connectivity index (χ1n) is 6.16. The second kappa shape index (κ2) is 6.84. The van der Waals surface area contributed by atoms with E-state index in [4.69, 9.17) is 0 Å². The molecule has 5 nitrogen and oxygen atoms in total. The lowest BCUT2D eigenvalue weighted by molar-refractivity contribution is -0.116. The topological polar surface area (TPSA) is 66.5 Å². The van der Waals surface area contributed by atoms with Crippen LogP contribution in [-0.4, -0.2) is 44.0 Å². The number of halogens is 1. The highest BCUT2D eigenvalue weighted by Gasteiger charge is 2.27. The smallest absolute Gasteiger partial charge is 0.244 e. The minimum Gasteiger partial charge on any atom is -0.351 e. The molecule has 0 aromatic carbocycles. The molecule has 0 bridgehead atoms. The van der Waals surface area contributed by atoms with E-state index >= 15 is 0 Å². The van der Waals surface area contributed by atoms with Crippen LogP contribution in [0.25, 0.3) is 6.08 Å². The van der Waals surface area contributed by atoms with Gasteiger partial charge in [0.2, 0.25) is 15.9 Å². The van der Waals surface area contributed by atoms with E-state index in [0.29, 0.717) is 26.1 Å². The third-order valence-corrected chi connectivity index (χ3v) is 6.40. The summed E-state index contributed by atoms with van der Waals surface area (Å²) in [6.45, 7) is 1.22. The Labute approximate surface area is 130 Å². The molecule has 0 aliphatic carbocycles. The zero-order chi connectivity index (χ0) is 14.6. The van der Waals surface area contributed by atoms with Gasteiger partial charge < -0.3 is 5.32 Å². The van der Waals surface area contributed by atoms with E-state index in [1.807, 2.05) is 12.1 Å². The van der Waals surface area contributed by atoms with Crippen LogP contribution in [-0.2, 0) is 14.8 Å². The van der Waals surface area contributed by atoms with Crippen molar-refractivity contribution >= 4 is 49.3 Å². The van der Waals surface area contributed by atoms with Crippen molar-refractivity contribution < 1.29 is 13.2 Å². The molecule has 0 spiro atoms. The summed E-state index contributed by atoms with van der Waals surface area (Å²) in [6, 6.07) is 3.83. The number of thiophene rings is 1. The van der Waals surface area contributed by atoms with Gasteiger partial charge in [0, 0.05) is 30.6 Å². The molecule has 0 atom stereocenters. The summed E-state index contributed by atoms with van der Waals surface area (Å²) < 4.78 is 25.5. The van der Waals surface area contributed by atoms with Gasteiger partial charge in [0.15, 0.2) is 0 Å². The summed E-state index contributed by atoms with van der Waals surface area (Å²) in [7, 11) is -3.08. The fourth-order valence-electron chi connectivity index (χ4n) is 1.88. The van der Waals surface area contributed by atoms with Crippen LogP contribution in [0.3, 0.4) is 0 Å². The third-order valence-electron chi connectivity index (χ3n) is 2.86. The van der Waals surface area contributed by atoms with Gasteiger partial charge in [-0.05, 0) is 40.6 Å². The minimum atomic E-state index is -3.08. The molecule has 1 aliphatic heterocycles. The van der Waals surface area contributed by atoms with Crippen LogP contribution < -0.4 is 5.32 Å². The van der Waals surface area contributed by atoms with Gasteiger partial charge >= 0.3 is 0 Å². The SMILES string of the molecule is O=C(/C=C\c1ccc(Br)s1)NCCN1CCCS1(=O)=O. The normalized spacial score (nSPS) is 18.6. The number of amides is 1. The summed E-state index contributed by atoms with van der Waals surface area (Å²) in [5.41, 5.74) is 0. The molecule has 1 saturated heterocycles. The number of hydrogen-bond acceptors (Lipinski definition) is 4. The van der Waals surface area contributed by atoms with Crippen molar-refractivity contribution in [2.45, 2.75) is 6.42 Å². The molecule has 1 fully saturated rings. The maximum Gasteiger partial charge on any atom is 0.244 e. The van der Waals surface area contributed by atoms with Gasteiger partial charge in [-0.25, -0.2) is 12.7 Å². The molecular weight excluding hydrogens is 364 g/mol. The molecule has 0 unspecified atom stereocenters. The average molecular weight is 379 g/mol. The van der Waals surface area contributed by atoms with Gasteiger partial charge in [0.25, 0.3) is 0 Å². The first kappa shape index (κ1) is 15.7. The van der Waals surface area contributed by atoms with Crippen molar-refractivity contribution in [3.05, 3.63) is 26.9 Å². The second-order valence-electron chi connectivity index (χ2n) is 4.33. The van der Waals surface area contributed by atoms with Crippen LogP contribution >= 0.6 is 27.3 Å². The molecule has 1 aromatic rings. The van der Waals surface area contributed by atoms with Gasteiger partial charge in [0.1, 0.15) is 0 Å². The van der Waals surface area contributed by atoms with Crippen LogP contribution in [0.4, 0.5) is 0 Å². The van der Waals surface area contributed by atoms with Crippen molar-refractivity contribution in [1.82, 2.24) is 9.62 Å². The number of hydrogen-bond donors (Lipinski definition) is 1. The quantitative estimate of drug-likeness (QED) is 0.792. The van der Waals surface area contributed by atoms with Crippen LogP contribution in [0, 0.1) is 0 Å². The largest absolute Gasteiger partial charge is 0.351 e. The first-order chi connectivity index (χ1) is 9.47. The molecule has 20 heavy (non-hydrogen) atoms. The minimum absolute atomic E-state index is 0.216. The predicted molar refractivity (Wildman–Crippen MR) is 84.0 cm³/mol. The van der Waals surface area contributed by atoms with Crippen LogP contribution in [0.15, 0.2) is 22.0 Å². The monoisotopic (exact) mass is 378 g/mol. The molecular formula is C12H15BrN2O3S2. The van der Waals surface area contributed by atoms with Crippen molar-refractivity contribution in [2.24, 2.45) is 0 Å². The standard InChI is InChI=1S/C12H15BrN2O3S2/c13-11-4-2-10(19-11)3-5-12(16)14-6-8-15-7-1-9-20(15,17)18/h2-5H,1,6-9H2,(H,14,16)/b5-3-. The zero-order valence-corrected chi connectivity index (χ0v) is 13.9. The lowest BCUT2D eigenvalue weighted by Gasteiger charge is -2.13. The molecule has 2 rings (SSSR count). The summed E-state index contributed by atoms with van der Waals surface area (Å²) in [5, 5.41) is 2.69. The van der Waals surface area contributed by atoms with Crippen molar-refractivity contribution in [1.29, 1.82) is 0 Å². The number of carbonyl (C=O) groups is 1. The van der Waals surface area contributed by atoms with Gasteiger partial charge in [-0.3, -0.25) is 4.79 Å². The summed E-state index contributed by atoms with van der Waals surface area (Å²) in [4.78, 5) is 12.6. The molecule has 8 heteroatoms. The predicted octanol–water partition coefficient (Wildman–Crippen LogP) is 1.68. The van der Waals surface area contributed by atoms with E-state index in [-0.39, 0.29) is 11.7 Å². The Balaban J connectivity index is 1.74. The van der Waals surface area contributed by atoms with Crippen molar-refractivity contribution in [3.63, 3.8) is 0 Å². The maximum absolute atomic E-state index is 11.6. The third kappa shape index (κ3) is 4.41. The summed E-state index contributed by atoms with van der Waals surface area (Å²) >= 11 is 4.89. The Hall–Kier alpha value is -0.700. The molecule has 1 aromatic heterocycles. The number of carbonyl (C=O) groups excluding carboxylic acids is 1. The number of nitrogens with one attached hydrogen (secondary N) is 1.